The third kappa shape index (κ3) is 2.32. The highest BCUT2D eigenvalue weighted by Crippen LogP contribution is 2.48. The van der Waals surface area contributed by atoms with Crippen LogP contribution in [0.3, 0.4) is 0 Å². The molecule has 1 aliphatic carbocycles. The fourth-order valence-electron chi connectivity index (χ4n) is 5.21. The largest absolute Gasteiger partial charge is 0.350 e. The summed E-state index contributed by atoms with van der Waals surface area (Å²) in [4.78, 5) is 0. The van der Waals surface area contributed by atoms with E-state index < -0.39 is 0 Å². The molecule has 0 spiro atoms. The minimum absolute atomic E-state index is 0.612. The Morgan fingerprint density at radius 1 is 0.654 bits per heavy atom. The first-order valence-electron chi connectivity index (χ1n) is 9.82. The Balaban J connectivity index is 1.67. The van der Waals surface area contributed by atoms with E-state index in [1.165, 1.54) is 47.5 Å². The summed E-state index contributed by atoms with van der Waals surface area (Å²) in [6.45, 7) is 0. The molecule has 2 aromatic heterocycles. The second-order valence-electron chi connectivity index (χ2n) is 7.92. The summed E-state index contributed by atoms with van der Waals surface area (Å²) in [5, 5.41) is 2.87. The molecule has 2 heterocycles. The molecule has 2 atom stereocenters. The maximum Gasteiger partial charge on any atom is 0.0480 e. The summed E-state index contributed by atoms with van der Waals surface area (Å²) in [5.41, 5.74) is 5.79. The molecular formula is C24H26N2. The Labute approximate surface area is 155 Å². The van der Waals surface area contributed by atoms with Crippen molar-refractivity contribution in [2.45, 2.75) is 37.5 Å². The lowest BCUT2D eigenvalue weighted by molar-refractivity contribution is 0.389. The van der Waals surface area contributed by atoms with Gasteiger partial charge in [-0.2, -0.15) is 0 Å². The monoisotopic (exact) mass is 342 g/mol. The normalized spacial score (nSPS) is 20.8. The van der Waals surface area contributed by atoms with Crippen LogP contribution >= 0.6 is 0 Å². The third-order valence-electron chi connectivity index (χ3n) is 6.42. The first-order chi connectivity index (χ1) is 12.7. The molecule has 0 amide bonds. The smallest absolute Gasteiger partial charge is 0.0480 e. The van der Waals surface area contributed by atoms with Crippen molar-refractivity contribution in [1.29, 1.82) is 0 Å². The molecular weight excluding hydrogens is 316 g/mol. The number of benzene rings is 2. The number of para-hydroxylation sites is 2. The van der Waals surface area contributed by atoms with Gasteiger partial charge in [0.2, 0.25) is 0 Å². The van der Waals surface area contributed by atoms with Crippen molar-refractivity contribution in [3.05, 3.63) is 72.1 Å². The lowest BCUT2D eigenvalue weighted by Gasteiger charge is -2.31. The Morgan fingerprint density at radius 2 is 1.08 bits per heavy atom. The highest BCUT2D eigenvalue weighted by Gasteiger charge is 2.31. The van der Waals surface area contributed by atoms with Crippen molar-refractivity contribution in [2.24, 2.45) is 14.1 Å². The highest BCUT2D eigenvalue weighted by molar-refractivity contribution is 5.86. The van der Waals surface area contributed by atoms with E-state index in [0.717, 1.165) is 0 Å². The molecule has 0 radical (unpaired) electrons. The summed E-state index contributed by atoms with van der Waals surface area (Å²) in [5.74, 6) is 1.22. The van der Waals surface area contributed by atoms with E-state index in [1.54, 1.807) is 11.1 Å². The minimum atomic E-state index is 0.612. The fourth-order valence-corrected chi connectivity index (χ4v) is 5.21. The molecule has 0 N–H and O–H groups in total. The number of aryl methyl sites for hydroxylation is 2. The minimum Gasteiger partial charge on any atom is -0.350 e. The van der Waals surface area contributed by atoms with Crippen LogP contribution in [0.25, 0.3) is 21.8 Å². The van der Waals surface area contributed by atoms with Crippen LogP contribution in [0.5, 0.6) is 0 Å². The van der Waals surface area contributed by atoms with Gasteiger partial charge in [-0.3, -0.25) is 0 Å². The van der Waals surface area contributed by atoms with E-state index in [1.807, 2.05) is 0 Å². The molecule has 1 saturated carbocycles. The van der Waals surface area contributed by atoms with Crippen molar-refractivity contribution in [2.75, 3.05) is 0 Å². The molecule has 0 bridgehead atoms. The second kappa shape index (κ2) is 6.05. The summed E-state index contributed by atoms with van der Waals surface area (Å²) in [6.07, 6.45) is 10.0. The Hall–Kier alpha value is -2.48. The third-order valence-corrected chi connectivity index (χ3v) is 6.42. The quantitative estimate of drug-likeness (QED) is 0.416. The van der Waals surface area contributed by atoms with Crippen LogP contribution in [0, 0.1) is 0 Å². The van der Waals surface area contributed by atoms with Crippen LogP contribution in [0.4, 0.5) is 0 Å². The van der Waals surface area contributed by atoms with Crippen molar-refractivity contribution >= 4 is 21.8 Å². The first kappa shape index (κ1) is 15.7. The zero-order chi connectivity index (χ0) is 17.7. The Kier molecular flexibility index (Phi) is 3.66. The Morgan fingerprint density at radius 3 is 1.54 bits per heavy atom. The molecule has 2 aromatic carbocycles. The van der Waals surface area contributed by atoms with Crippen LogP contribution in [-0.2, 0) is 14.1 Å². The van der Waals surface area contributed by atoms with E-state index >= 15 is 0 Å². The van der Waals surface area contributed by atoms with Crippen molar-refractivity contribution in [3.8, 4) is 0 Å². The molecule has 1 aliphatic rings. The van der Waals surface area contributed by atoms with Gasteiger partial charge in [0.25, 0.3) is 0 Å². The van der Waals surface area contributed by atoms with Crippen molar-refractivity contribution in [3.63, 3.8) is 0 Å². The van der Waals surface area contributed by atoms with E-state index in [-0.39, 0.29) is 0 Å². The molecule has 0 saturated heterocycles. The van der Waals surface area contributed by atoms with Crippen molar-refractivity contribution in [1.82, 2.24) is 9.13 Å². The average molecular weight is 342 g/mol. The second-order valence-corrected chi connectivity index (χ2v) is 7.92. The number of rotatable bonds is 2. The predicted octanol–water partition coefficient (Wildman–Crippen LogP) is 6.11. The molecule has 1 fully saturated rings. The van der Waals surface area contributed by atoms with Crippen LogP contribution in [0.2, 0.25) is 0 Å². The summed E-state index contributed by atoms with van der Waals surface area (Å²) >= 11 is 0. The molecule has 2 unspecified atom stereocenters. The van der Waals surface area contributed by atoms with E-state index in [2.05, 4.69) is 84.2 Å². The SMILES string of the molecule is Cn1cc(C2CCCCC2c2cn(C)c3ccccc23)c2ccccc21. The number of hydrogen-bond donors (Lipinski definition) is 0. The van der Waals surface area contributed by atoms with Crippen LogP contribution in [0.1, 0.15) is 48.6 Å². The molecule has 2 nitrogen and oxygen atoms in total. The lowest BCUT2D eigenvalue weighted by atomic mass is 9.72. The molecule has 2 heteroatoms. The Bertz CT molecular complexity index is 994. The van der Waals surface area contributed by atoms with Crippen LogP contribution in [-0.4, -0.2) is 9.13 Å². The van der Waals surface area contributed by atoms with Gasteiger partial charge in [0, 0.05) is 48.3 Å². The summed E-state index contributed by atoms with van der Waals surface area (Å²) in [7, 11) is 4.36. The summed E-state index contributed by atoms with van der Waals surface area (Å²) < 4.78 is 4.61. The maximum absolute atomic E-state index is 2.39. The van der Waals surface area contributed by atoms with E-state index in [4.69, 9.17) is 0 Å². The molecule has 4 aromatic rings. The predicted molar refractivity (Wildman–Crippen MR) is 110 cm³/mol. The van der Waals surface area contributed by atoms with Crippen LogP contribution < -0.4 is 0 Å². The molecule has 0 aliphatic heterocycles. The average Bonchev–Trinajstić information content (AvgIpc) is 3.20. The van der Waals surface area contributed by atoms with Gasteiger partial charge in [-0.05, 0) is 47.9 Å². The highest BCUT2D eigenvalue weighted by atomic mass is 14.9. The zero-order valence-electron chi connectivity index (χ0n) is 15.7. The van der Waals surface area contributed by atoms with Gasteiger partial charge in [-0.15, -0.1) is 0 Å². The van der Waals surface area contributed by atoms with Gasteiger partial charge in [0.1, 0.15) is 0 Å². The topological polar surface area (TPSA) is 9.86 Å². The van der Waals surface area contributed by atoms with Gasteiger partial charge in [-0.25, -0.2) is 0 Å². The maximum atomic E-state index is 2.39. The van der Waals surface area contributed by atoms with Crippen molar-refractivity contribution < 1.29 is 0 Å². The molecule has 5 rings (SSSR count). The number of nitrogens with zero attached hydrogens (tertiary/aromatic N) is 2. The van der Waals surface area contributed by atoms with Gasteiger partial charge in [0.05, 0.1) is 0 Å². The zero-order valence-corrected chi connectivity index (χ0v) is 15.7. The standard InChI is InChI=1S/C24H26N2/c1-25-15-21(19-11-5-7-13-23(19)25)17-9-3-4-10-18(17)22-16-26(2)24-14-8-6-12-20(22)24/h5-8,11-18H,3-4,9-10H2,1-2H3. The fraction of sp³-hybridized carbons (Fsp3) is 0.333. The molecule has 132 valence electrons. The van der Waals surface area contributed by atoms with Gasteiger partial charge in [-0.1, -0.05) is 49.2 Å². The number of fused-ring (bicyclic) bond motifs is 2. The number of aromatic nitrogens is 2. The summed E-state index contributed by atoms with van der Waals surface area (Å²) in [6, 6.07) is 17.8. The van der Waals surface area contributed by atoms with Gasteiger partial charge >= 0.3 is 0 Å². The number of hydrogen-bond acceptors (Lipinski definition) is 0. The molecule has 26 heavy (non-hydrogen) atoms. The van der Waals surface area contributed by atoms with Gasteiger partial charge in [0.15, 0.2) is 0 Å². The van der Waals surface area contributed by atoms with Crippen LogP contribution in [0.15, 0.2) is 60.9 Å². The first-order valence-corrected chi connectivity index (χ1v) is 9.82. The van der Waals surface area contributed by atoms with Gasteiger partial charge < -0.3 is 9.13 Å². The van der Waals surface area contributed by atoms with E-state index in [9.17, 15) is 0 Å². The van der Waals surface area contributed by atoms with E-state index in [0.29, 0.717) is 11.8 Å². The lowest BCUT2D eigenvalue weighted by Crippen LogP contribution is -2.16.